The van der Waals surface area contributed by atoms with Gasteiger partial charge in [-0.3, -0.25) is 0 Å². The van der Waals surface area contributed by atoms with E-state index in [0.29, 0.717) is 5.75 Å². The molecule has 0 radical (unpaired) electrons. The first-order chi connectivity index (χ1) is 6.10. The highest BCUT2D eigenvalue weighted by Crippen LogP contribution is 2.16. The van der Waals surface area contributed by atoms with Gasteiger partial charge in [0.25, 0.3) is 10.0 Å². The van der Waals surface area contributed by atoms with Gasteiger partial charge in [-0.2, -0.15) is 0 Å². The highest BCUT2D eigenvalue weighted by molar-refractivity contribution is 7.90. The van der Waals surface area contributed by atoms with Crippen LogP contribution in [0.3, 0.4) is 0 Å². The van der Waals surface area contributed by atoms with Crippen molar-refractivity contribution in [1.82, 2.24) is 4.24 Å². The Kier molecular flexibility index (Phi) is 3.13. The van der Waals surface area contributed by atoms with Gasteiger partial charge in [0.05, 0.1) is 12.0 Å². The van der Waals surface area contributed by atoms with Gasteiger partial charge in [0.2, 0.25) is 0 Å². The molecule has 0 unspecified atom stereocenters. The number of benzene rings is 1. The van der Waals surface area contributed by atoms with Crippen molar-refractivity contribution >= 4 is 21.8 Å². The largest absolute Gasteiger partial charge is 0.497 e. The van der Waals surface area contributed by atoms with Gasteiger partial charge in [0, 0.05) is 6.07 Å². The minimum atomic E-state index is -3.60. The molecule has 0 aromatic heterocycles. The minimum Gasteiger partial charge on any atom is -0.497 e. The van der Waals surface area contributed by atoms with Gasteiger partial charge in [-0.1, -0.05) is 6.07 Å². The number of methoxy groups -OCH3 is 1. The van der Waals surface area contributed by atoms with Crippen LogP contribution in [0, 0.1) is 0 Å². The molecule has 0 amide bonds. The zero-order valence-electron chi connectivity index (χ0n) is 6.82. The van der Waals surface area contributed by atoms with Crippen molar-refractivity contribution in [2.75, 3.05) is 7.11 Å². The lowest BCUT2D eigenvalue weighted by Crippen LogP contribution is -2.13. The monoisotopic (exact) mass is 221 g/mol. The van der Waals surface area contributed by atoms with Crippen molar-refractivity contribution in [3.05, 3.63) is 24.3 Å². The summed E-state index contributed by atoms with van der Waals surface area (Å²) in [7, 11) is -2.14. The third kappa shape index (κ3) is 2.33. The van der Waals surface area contributed by atoms with Crippen LogP contribution in [-0.4, -0.2) is 15.5 Å². The quantitative estimate of drug-likeness (QED) is 0.779. The molecule has 0 fully saturated rings. The molecule has 4 nitrogen and oxygen atoms in total. The summed E-state index contributed by atoms with van der Waals surface area (Å²) in [5.74, 6) is 0.466. The fourth-order valence-corrected chi connectivity index (χ4v) is 1.70. The molecule has 0 spiro atoms. The summed E-state index contributed by atoms with van der Waals surface area (Å²) < 4.78 is 28.9. The Labute approximate surface area is 81.6 Å². The fourth-order valence-electron chi connectivity index (χ4n) is 0.813. The van der Waals surface area contributed by atoms with Crippen LogP contribution in [0.25, 0.3) is 0 Å². The van der Waals surface area contributed by atoms with Crippen molar-refractivity contribution in [1.29, 1.82) is 0 Å². The SMILES string of the molecule is COc1cccc(S(=O)(=O)NCl)c1. The second kappa shape index (κ2) is 3.95. The van der Waals surface area contributed by atoms with Crippen LogP contribution in [0.5, 0.6) is 5.75 Å². The molecule has 0 bridgehead atoms. The van der Waals surface area contributed by atoms with Crippen LogP contribution in [0.1, 0.15) is 0 Å². The van der Waals surface area contributed by atoms with Gasteiger partial charge in [0.1, 0.15) is 5.75 Å². The van der Waals surface area contributed by atoms with Crippen LogP contribution in [-0.2, 0) is 10.0 Å². The van der Waals surface area contributed by atoms with Crippen LogP contribution in [0.15, 0.2) is 29.2 Å². The molecular formula is C7H8ClNO3S. The van der Waals surface area contributed by atoms with Crippen LogP contribution in [0.4, 0.5) is 0 Å². The predicted molar refractivity (Wildman–Crippen MR) is 49.2 cm³/mol. The molecule has 72 valence electrons. The Balaban J connectivity index is 3.17. The Bertz CT molecular complexity index is 390. The summed E-state index contributed by atoms with van der Waals surface area (Å²) in [6.07, 6.45) is 0. The van der Waals surface area contributed by atoms with Gasteiger partial charge >= 0.3 is 0 Å². The maximum Gasteiger partial charge on any atom is 0.254 e. The number of halogens is 1. The molecule has 0 saturated heterocycles. The lowest BCUT2D eigenvalue weighted by atomic mass is 10.3. The Morgan fingerprint density at radius 1 is 1.46 bits per heavy atom. The molecule has 0 heterocycles. The average Bonchev–Trinajstić information content (AvgIpc) is 2.18. The van der Waals surface area contributed by atoms with Crippen LogP contribution < -0.4 is 8.98 Å². The minimum absolute atomic E-state index is 0.0712. The van der Waals surface area contributed by atoms with E-state index in [4.69, 9.17) is 16.5 Å². The zero-order valence-corrected chi connectivity index (χ0v) is 8.39. The zero-order chi connectivity index (χ0) is 9.90. The molecule has 1 rings (SSSR count). The van der Waals surface area contributed by atoms with Crippen molar-refractivity contribution < 1.29 is 13.2 Å². The normalized spacial score (nSPS) is 11.2. The first-order valence-corrected chi connectivity index (χ1v) is 5.23. The average molecular weight is 222 g/mol. The summed E-state index contributed by atoms with van der Waals surface area (Å²) in [5.41, 5.74) is 0. The number of ether oxygens (including phenoxy) is 1. The van der Waals surface area contributed by atoms with Crippen molar-refractivity contribution in [2.24, 2.45) is 0 Å². The molecule has 6 heteroatoms. The van der Waals surface area contributed by atoms with Gasteiger partial charge < -0.3 is 4.74 Å². The summed E-state index contributed by atoms with van der Waals surface area (Å²) >= 11 is 5.04. The maximum atomic E-state index is 11.2. The van der Waals surface area contributed by atoms with E-state index in [1.54, 1.807) is 16.4 Å². The number of hydrogen-bond donors (Lipinski definition) is 1. The lowest BCUT2D eigenvalue weighted by Gasteiger charge is -2.03. The second-order valence-electron chi connectivity index (χ2n) is 2.26. The van der Waals surface area contributed by atoms with Crippen LogP contribution >= 0.6 is 11.8 Å². The highest BCUT2D eigenvalue weighted by atomic mass is 35.5. The summed E-state index contributed by atoms with van der Waals surface area (Å²) in [5, 5.41) is 0. The second-order valence-corrected chi connectivity index (χ2v) is 4.36. The predicted octanol–water partition coefficient (Wildman–Crippen LogP) is 1.13. The molecule has 0 aliphatic carbocycles. The van der Waals surface area contributed by atoms with E-state index in [1.807, 2.05) is 0 Å². The smallest absolute Gasteiger partial charge is 0.254 e. The number of rotatable bonds is 3. The van der Waals surface area contributed by atoms with E-state index >= 15 is 0 Å². The third-order valence-electron chi connectivity index (χ3n) is 1.45. The molecule has 1 aromatic rings. The van der Waals surface area contributed by atoms with E-state index in [-0.39, 0.29) is 4.90 Å². The van der Waals surface area contributed by atoms with E-state index in [2.05, 4.69) is 0 Å². The van der Waals surface area contributed by atoms with E-state index in [0.717, 1.165) is 0 Å². The number of nitrogens with one attached hydrogen (secondary N) is 1. The Morgan fingerprint density at radius 2 is 2.15 bits per heavy atom. The van der Waals surface area contributed by atoms with Gasteiger partial charge in [-0.05, 0) is 23.9 Å². The molecule has 1 N–H and O–H groups in total. The molecule has 13 heavy (non-hydrogen) atoms. The topological polar surface area (TPSA) is 55.4 Å². The third-order valence-corrected chi connectivity index (χ3v) is 3.14. The Hall–Kier alpha value is -0.780. The molecule has 1 aromatic carbocycles. The van der Waals surface area contributed by atoms with E-state index < -0.39 is 10.0 Å². The molecule has 0 saturated carbocycles. The van der Waals surface area contributed by atoms with Crippen LogP contribution in [0.2, 0.25) is 0 Å². The van der Waals surface area contributed by atoms with Gasteiger partial charge in [0.15, 0.2) is 0 Å². The van der Waals surface area contributed by atoms with Crippen molar-refractivity contribution in [3.8, 4) is 5.75 Å². The molecule has 0 atom stereocenters. The number of hydrogen-bond acceptors (Lipinski definition) is 3. The number of sulfonamides is 1. The van der Waals surface area contributed by atoms with E-state index in [9.17, 15) is 8.42 Å². The standard InChI is InChI=1S/C7H8ClNO3S/c1-12-6-3-2-4-7(5-6)13(10,11)9-8/h2-5,9H,1H3. The van der Waals surface area contributed by atoms with E-state index in [1.165, 1.54) is 19.2 Å². The summed E-state index contributed by atoms with van der Waals surface area (Å²) in [4.78, 5) is 0.0712. The lowest BCUT2D eigenvalue weighted by molar-refractivity contribution is 0.413. The van der Waals surface area contributed by atoms with Gasteiger partial charge in [-0.15, -0.1) is 4.24 Å². The molecule has 0 aliphatic heterocycles. The molecule has 0 aliphatic rings. The molecular weight excluding hydrogens is 214 g/mol. The first-order valence-electron chi connectivity index (χ1n) is 3.36. The maximum absolute atomic E-state index is 11.2. The fraction of sp³-hybridized carbons (Fsp3) is 0.143. The van der Waals surface area contributed by atoms with Crippen molar-refractivity contribution in [2.45, 2.75) is 4.90 Å². The Morgan fingerprint density at radius 3 is 2.69 bits per heavy atom. The summed E-state index contributed by atoms with van der Waals surface area (Å²) in [6, 6.07) is 6.02. The highest BCUT2D eigenvalue weighted by Gasteiger charge is 2.12. The van der Waals surface area contributed by atoms with Crippen molar-refractivity contribution in [3.63, 3.8) is 0 Å². The van der Waals surface area contributed by atoms with Gasteiger partial charge in [-0.25, -0.2) is 8.42 Å². The first kappa shape index (κ1) is 10.3. The summed E-state index contributed by atoms with van der Waals surface area (Å²) in [6.45, 7) is 0.